The summed E-state index contributed by atoms with van der Waals surface area (Å²) in [5.41, 5.74) is -1.93. The van der Waals surface area contributed by atoms with E-state index in [1.54, 1.807) is 0 Å². The van der Waals surface area contributed by atoms with Gasteiger partial charge < -0.3 is 4.74 Å². The lowest BCUT2D eigenvalue weighted by molar-refractivity contribution is -0.143. The van der Waals surface area contributed by atoms with E-state index in [-0.39, 0.29) is 30.5 Å². The number of hydrogen-bond donors (Lipinski definition) is 0. The second-order valence-corrected chi connectivity index (χ2v) is 6.17. The van der Waals surface area contributed by atoms with Crippen molar-refractivity contribution in [3.8, 4) is 11.3 Å². The van der Waals surface area contributed by atoms with Gasteiger partial charge in [-0.1, -0.05) is 30.3 Å². The maximum absolute atomic E-state index is 13.0. The fourth-order valence-corrected chi connectivity index (χ4v) is 2.58. The zero-order valence-electron chi connectivity index (χ0n) is 14.8. The molecular formula is C20H14F6N2O. The van der Waals surface area contributed by atoms with Gasteiger partial charge in [-0.25, -0.2) is 9.97 Å². The summed E-state index contributed by atoms with van der Waals surface area (Å²) in [5, 5.41) is 0. The molecule has 0 unspecified atom stereocenters. The smallest absolute Gasteiger partial charge is 0.370 e. The highest BCUT2D eigenvalue weighted by Gasteiger charge is 2.37. The molecule has 0 aliphatic rings. The average molecular weight is 412 g/mol. The molecule has 0 atom stereocenters. The summed E-state index contributed by atoms with van der Waals surface area (Å²) >= 11 is 0. The first-order valence-corrected chi connectivity index (χ1v) is 8.35. The van der Waals surface area contributed by atoms with E-state index in [2.05, 4.69) is 9.97 Å². The van der Waals surface area contributed by atoms with Crippen molar-refractivity contribution >= 4 is 0 Å². The van der Waals surface area contributed by atoms with Crippen molar-refractivity contribution in [2.45, 2.75) is 25.6 Å². The van der Waals surface area contributed by atoms with Gasteiger partial charge in [0.25, 0.3) is 0 Å². The molecular weight excluding hydrogens is 398 g/mol. The second-order valence-electron chi connectivity index (χ2n) is 6.17. The Kier molecular flexibility index (Phi) is 5.88. The van der Waals surface area contributed by atoms with Crippen molar-refractivity contribution in [2.75, 3.05) is 0 Å². The average Bonchev–Trinajstić information content (AvgIpc) is 2.67. The van der Waals surface area contributed by atoms with E-state index in [1.807, 2.05) is 30.3 Å². The van der Waals surface area contributed by atoms with Gasteiger partial charge in [-0.3, -0.25) is 0 Å². The molecule has 0 radical (unpaired) electrons. The lowest BCUT2D eigenvalue weighted by atomic mass is 10.0. The lowest BCUT2D eigenvalue weighted by Crippen LogP contribution is -2.11. The Hall–Kier alpha value is -2.94. The molecule has 0 amide bonds. The fourth-order valence-electron chi connectivity index (χ4n) is 2.58. The van der Waals surface area contributed by atoms with Crippen molar-refractivity contribution in [3.05, 3.63) is 83.3 Å². The number of hydrogen-bond acceptors (Lipinski definition) is 3. The minimum atomic E-state index is -4.93. The molecule has 0 N–H and O–H groups in total. The van der Waals surface area contributed by atoms with Gasteiger partial charge in [0.05, 0.1) is 35.7 Å². The van der Waals surface area contributed by atoms with Crippen LogP contribution in [0.3, 0.4) is 0 Å². The molecule has 0 spiro atoms. The molecule has 0 bridgehead atoms. The summed E-state index contributed by atoms with van der Waals surface area (Å²) in [7, 11) is 0. The Morgan fingerprint density at radius 1 is 0.724 bits per heavy atom. The highest BCUT2D eigenvalue weighted by atomic mass is 19.4. The SMILES string of the molecule is FC(F)(F)c1cc(-c2cc(COCc3ccccc3)ncn2)cc(C(F)(F)F)c1. The highest BCUT2D eigenvalue weighted by Crippen LogP contribution is 2.38. The first-order chi connectivity index (χ1) is 13.6. The fraction of sp³-hybridized carbons (Fsp3) is 0.200. The number of rotatable bonds is 5. The van der Waals surface area contributed by atoms with Gasteiger partial charge in [0.15, 0.2) is 0 Å². The van der Waals surface area contributed by atoms with Crippen LogP contribution in [0.4, 0.5) is 26.3 Å². The van der Waals surface area contributed by atoms with Gasteiger partial charge in [-0.2, -0.15) is 26.3 Å². The zero-order valence-corrected chi connectivity index (χ0v) is 14.8. The molecule has 1 heterocycles. The monoisotopic (exact) mass is 412 g/mol. The Morgan fingerprint density at radius 3 is 1.93 bits per heavy atom. The minimum absolute atomic E-state index is 0.0233. The van der Waals surface area contributed by atoms with Crippen LogP contribution in [-0.2, 0) is 30.3 Å². The van der Waals surface area contributed by atoms with Crippen LogP contribution in [0, 0.1) is 0 Å². The van der Waals surface area contributed by atoms with Gasteiger partial charge in [0.2, 0.25) is 0 Å². The summed E-state index contributed by atoms with van der Waals surface area (Å²) in [6, 6.07) is 11.9. The van der Waals surface area contributed by atoms with Crippen molar-refractivity contribution in [3.63, 3.8) is 0 Å². The third kappa shape index (κ3) is 5.54. The Labute approximate surface area is 162 Å². The van der Waals surface area contributed by atoms with Crippen LogP contribution in [0.5, 0.6) is 0 Å². The molecule has 0 fully saturated rings. The van der Waals surface area contributed by atoms with E-state index in [9.17, 15) is 26.3 Å². The number of alkyl halides is 6. The topological polar surface area (TPSA) is 35.0 Å². The minimum Gasteiger partial charge on any atom is -0.370 e. The second kappa shape index (κ2) is 8.20. The first-order valence-electron chi connectivity index (χ1n) is 8.35. The standard InChI is InChI=1S/C20H14F6N2O/c21-19(22,23)15-6-14(7-16(8-15)20(24,25)26)18-9-17(27-12-28-18)11-29-10-13-4-2-1-3-5-13/h1-9,12H,10-11H2. The summed E-state index contributed by atoms with van der Waals surface area (Å²) in [4.78, 5) is 7.78. The Balaban J connectivity index is 1.85. The van der Waals surface area contributed by atoms with E-state index in [1.165, 1.54) is 6.07 Å². The van der Waals surface area contributed by atoms with Gasteiger partial charge >= 0.3 is 12.4 Å². The largest absolute Gasteiger partial charge is 0.416 e. The number of ether oxygens (including phenoxy) is 1. The Bertz CT molecular complexity index is 938. The van der Waals surface area contributed by atoms with Crippen molar-refractivity contribution in [2.24, 2.45) is 0 Å². The molecule has 3 rings (SSSR count). The summed E-state index contributed by atoms with van der Waals surface area (Å²) < 4.78 is 83.7. The first kappa shape index (κ1) is 20.8. The van der Waals surface area contributed by atoms with Crippen LogP contribution in [0.1, 0.15) is 22.4 Å². The van der Waals surface area contributed by atoms with Gasteiger partial charge in [-0.05, 0) is 29.8 Å². The third-order valence-corrected chi connectivity index (χ3v) is 3.97. The lowest BCUT2D eigenvalue weighted by Gasteiger charge is -2.14. The zero-order chi connectivity index (χ0) is 21.1. The number of halogens is 6. The quantitative estimate of drug-likeness (QED) is 0.490. The molecule has 0 aliphatic carbocycles. The van der Waals surface area contributed by atoms with E-state index in [0.29, 0.717) is 17.8 Å². The van der Waals surface area contributed by atoms with E-state index in [4.69, 9.17) is 4.74 Å². The van der Waals surface area contributed by atoms with Gasteiger partial charge in [0, 0.05) is 5.56 Å². The van der Waals surface area contributed by atoms with E-state index < -0.39 is 23.5 Å². The van der Waals surface area contributed by atoms with Crippen LogP contribution in [-0.4, -0.2) is 9.97 Å². The van der Waals surface area contributed by atoms with Crippen LogP contribution >= 0.6 is 0 Å². The molecule has 1 aromatic heterocycles. The van der Waals surface area contributed by atoms with Crippen molar-refractivity contribution in [1.82, 2.24) is 9.97 Å². The maximum Gasteiger partial charge on any atom is 0.416 e. The Morgan fingerprint density at radius 2 is 1.34 bits per heavy atom. The molecule has 3 nitrogen and oxygen atoms in total. The highest BCUT2D eigenvalue weighted by molar-refractivity contribution is 5.62. The molecule has 29 heavy (non-hydrogen) atoms. The molecule has 2 aromatic carbocycles. The molecule has 0 saturated heterocycles. The van der Waals surface area contributed by atoms with Crippen molar-refractivity contribution < 1.29 is 31.1 Å². The predicted octanol–water partition coefficient (Wildman–Crippen LogP) is 5.90. The van der Waals surface area contributed by atoms with Crippen LogP contribution in [0.25, 0.3) is 11.3 Å². The number of nitrogens with zero attached hydrogens (tertiary/aromatic N) is 2. The summed E-state index contributed by atoms with van der Waals surface area (Å²) in [5.74, 6) is 0. The third-order valence-electron chi connectivity index (χ3n) is 3.97. The van der Waals surface area contributed by atoms with Crippen molar-refractivity contribution in [1.29, 1.82) is 0 Å². The number of benzene rings is 2. The van der Waals surface area contributed by atoms with E-state index in [0.717, 1.165) is 11.9 Å². The van der Waals surface area contributed by atoms with Crippen LogP contribution < -0.4 is 0 Å². The van der Waals surface area contributed by atoms with Crippen LogP contribution in [0.2, 0.25) is 0 Å². The van der Waals surface area contributed by atoms with Crippen LogP contribution in [0.15, 0.2) is 60.9 Å². The van der Waals surface area contributed by atoms with E-state index >= 15 is 0 Å². The van der Waals surface area contributed by atoms with Gasteiger partial charge in [0.1, 0.15) is 6.33 Å². The maximum atomic E-state index is 13.0. The number of aromatic nitrogens is 2. The molecule has 152 valence electrons. The summed E-state index contributed by atoms with van der Waals surface area (Å²) in [6.07, 6.45) is -8.78. The molecule has 0 aliphatic heterocycles. The normalized spacial score (nSPS) is 12.2. The predicted molar refractivity (Wildman–Crippen MR) is 92.4 cm³/mol. The molecule has 9 heteroatoms. The molecule has 0 saturated carbocycles. The van der Waals surface area contributed by atoms with Gasteiger partial charge in [-0.15, -0.1) is 0 Å². The summed E-state index contributed by atoms with van der Waals surface area (Å²) in [6.45, 7) is 0.303. The molecule has 3 aromatic rings.